The van der Waals surface area contributed by atoms with Crippen molar-refractivity contribution in [3.63, 3.8) is 0 Å². The number of fused-ring (bicyclic) bond motifs is 1. The molecule has 1 aliphatic heterocycles. The summed E-state index contributed by atoms with van der Waals surface area (Å²) in [6.45, 7) is 2.70. The van der Waals surface area contributed by atoms with E-state index < -0.39 is 0 Å². The summed E-state index contributed by atoms with van der Waals surface area (Å²) in [5.74, 6) is 0.903. The lowest BCUT2D eigenvalue weighted by Gasteiger charge is -2.41. The van der Waals surface area contributed by atoms with Crippen molar-refractivity contribution >= 4 is 11.8 Å². The fraction of sp³-hybridized carbons (Fsp3) is 0.538. The summed E-state index contributed by atoms with van der Waals surface area (Å²) in [7, 11) is 0. The SMILES string of the molecule is O=C(NC1CCCc2ccccc21)C(C1CCCC1)N1CCN(C(=O)c2ccco2)CC1. The average molecular weight is 436 g/mol. The molecular formula is C26H33N3O3. The summed E-state index contributed by atoms with van der Waals surface area (Å²) >= 11 is 0. The Labute approximate surface area is 189 Å². The zero-order valence-electron chi connectivity index (χ0n) is 18.7. The maximum atomic E-state index is 13.7. The van der Waals surface area contributed by atoms with Crippen molar-refractivity contribution in [1.82, 2.24) is 15.1 Å². The molecule has 6 nitrogen and oxygen atoms in total. The Morgan fingerprint density at radius 2 is 1.72 bits per heavy atom. The van der Waals surface area contributed by atoms with Crippen molar-refractivity contribution < 1.29 is 14.0 Å². The van der Waals surface area contributed by atoms with Gasteiger partial charge in [0.25, 0.3) is 5.91 Å². The number of hydrogen-bond donors (Lipinski definition) is 1. The van der Waals surface area contributed by atoms with Crippen molar-refractivity contribution in [2.75, 3.05) is 26.2 Å². The van der Waals surface area contributed by atoms with Crippen LogP contribution in [0.3, 0.4) is 0 Å². The molecule has 32 heavy (non-hydrogen) atoms. The number of carbonyl (C=O) groups is 2. The first-order chi connectivity index (χ1) is 15.7. The molecule has 6 heteroatoms. The number of furan rings is 1. The van der Waals surface area contributed by atoms with Crippen LogP contribution in [0.5, 0.6) is 0 Å². The van der Waals surface area contributed by atoms with Crippen molar-refractivity contribution in [2.45, 2.75) is 57.0 Å². The van der Waals surface area contributed by atoms with Gasteiger partial charge in [0.15, 0.2) is 5.76 Å². The smallest absolute Gasteiger partial charge is 0.289 e. The minimum atomic E-state index is -0.104. The minimum Gasteiger partial charge on any atom is -0.459 e. The molecule has 3 aliphatic rings. The van der Waals surface area contributed by atoms with Gasteiger partial charge in [-0.1, -0.05) is 37.1 Å². The van der Waals surface area contributed by atoms with E-state index in [9.17, 15) is 9.59 Å². The molecule has 1 saturated heterocycles. The summed E-state index contributed by atoms with van der Waals surface area (Å²) < 4.78 is 5.29. The number of carbonyl (C=O) groups excluding carboxylic acids is 2. The van der Waals surface area contributed by atoms with Gasteiger partial charge in [-0.2, -0.15) is 0 Å². The number of aryl methyl sites for hydroxylation is 1. The number of benzene rings is 1. The molecule has 1 N–H and O–H groups in total. The highest BCUT2D eigenvalue weighted by atomic mass is 16.3. The van der Waals surface area contributed by atoms with Gasteiger partial charge in [0, 0.05) is 26.2 Å². The molecule has 0 radical (unpaired) electrons. The number of nitrogens with one attached hydrogen (secondary N) is 1. The van der Waals surface area contributed by atoms with Crippen molar-refractivity contribution in [2.24, 2.45) is 5.92 Å². The van der Waals surface area contributed by atoms with E-state index in [1.54, 1.807) is 12.1 Å². The van der Waals surface area contributed by atoms with Gasteiger partial charge in [0.2, 0.25) is 5.91 Å². The molecule has 2 heterocycles. The lowest BCUT2D eigenvalue weighted by Crippen LogP contribution is -2.58. The predicted octanol–water partition coefficient (Wildman–Crippen LogP) is 3.79. The molecule has 2 unspecified atom stereocenters. The number of amides is 2. The Kier molecular flexibility index (Phi) is 6.30. The van der Waals surface area contributed by atoms with Gasteiger partial charge in [-0.3, -0.25) is 14.5 Å². The molecule has 2 amide bonds. The predicted molar refractivity (Wildman–Crippen MR) is 122 cm³/mol. The first-order valence-electron chi connectivity index (χ1n) is 12.2. The third-order valence-electron chi connectivity index (χ3n) is 7.53. The van der Waals surface area contributed by atoms with E-state index in [2.05, 4.69) is 34.5 Å². The largest absolute Gasteiger partial charge is 0.459 e. The molecule has 0 spiro atoms. The van der Waals surface area contributed by atoms with Gasteiger partial charge < -0.3 is 14.6 Å². The van der Waals surface area contributed by atoms with Crippen molar-refractivity contribution in [3.8, 4) is 0 Å². The third kappa shape index (κ3) is 4.33. The van der Waals surface area contributed by atoms with E-state index in [4.69, 9.17) is 4.42 Å². The normalized spacial score (nSPS) is 23.0. The molecule has 1 saturated carbocycles. The third-order valence-corrected chi connectivity index (χ3v) is 7.53. The molecule has 170 valence electrons. The molecule has 2 aromatic rings. The summed E-state index contributed by atoms with van der Waals surface area (Å²) in [6.07, 6.45) is 9.40. The number of rotatable bonds is 5. The molecule has 0 bridgehead atoms. The topological polar surface area (TPSA) is 65.8 Å². The van der Waals surface area contributed by atoms with Gasteiger partial charge in [0.1, 0.15) is 0 Å². The Morgan fingerprint density at radius 3 is 2.47 bits per heavy atom. The van der Waals surface area contributed by atoms with E-state index in [-0.39, 0.29) is 23.9 Å². The van der Waals surface area contributed by atoms with Crippen LogP contribution in [0.2, 0.25) is 0 Å². The van der Waals surface area contributed by atoms with Crippen LogP contribution < -0.4 is 5.32 Å². The van der Waals surface area contributed by atoms with Crippen molar-refractivity contribution in [1.29, 1.82) is 0 Å². The Bertz CT molecular complexity index is 928. The van der Waals surface area contributed by atoms with E-state index in [0.717, 1.165) is 45.2 Å². The molecular weight excluding hydrogens is 402 g/mol. The highest BCUT2D eigenvalue weighted by Crippen LogP contribution is 2.33. The lowest BCUT2D eigenvalue weighted by atomic mass is 9.87. The van der Waals surface area contributed by atoms with E-state index in [1.807, 2.05) is 4.90 Å². The van der Waals surface area contributed by atoms with Crippen LogP contribution in [0, 0.1) is 5.92 Å². The van der Waals surface area contributed by atoms with Crippen LogP contribution in [-0.4, -0.2) is 53.8 Å². The second-order valence-electron chi connectivity index (χ2n) is 9.45. The van der Waals surface area contributed by atoms with Crippen LogP contribution in [0.25, 0.3) is 0 Å². The minimum absolute atomic E-state index is 0.0599. The van der Waals surface area contributed by atoms with Crippen LogP contribution in [0.4, 0.5) is 0 Å². The van der Waals surface area contributed by atoms with Crippen LogP contribution in [-0.2, 0) is 11.2 Å². The second kappa shape index (κ2) is 9.49. The van der Waals surface area contributed by atoms with Crippen LogP contribution >= 0.6 is 0 Å². The van der Waals surface area contributed by atoms with E-state index in [1.165, 1.54) is 30.2 Å². The summed E-state index contributed by atoms with van der Waals surface area (Å²) in [6, 6.07) is 12.0. The maximum Gasteiger partial charge on any atom is 0.289 e. The second-order valence-corrected chi connectivity index (χ2v) is 9.45. The van der Waals surface area contributed by atoms with Crippen LogP contribution in [0.15, 0.2) is 47.1 Å². The summed E-state index contributed by atoms with van der Waals surface area (Å²) in [5.41, 5.74) is 2.65. The molecule has 2 atom stereocenters. The Balaban J connectivity index is 1.27. The highest BCUT2D eigenvalue weighted by molar-refractivity contribution is 5.91. The fourth-order valence-corrected chi connectivity index (χ4v) is 5.87. The molecule has 5 rings (SSSR count). The zero-order chi connectivity index (χ0) is 21.9. The average Bonchev–Trinajstić information content (AvgIpc) is 3.55. The zero-order valence-corrected chi connectivity index (χ0v) is 18.7. The summed E-state index contributed by atoms with van der Waals surface area (Å²) in [5, 5.41) is 3.43. The van der Waals surface area contributed by atoms with Crippen LogP contribution in [0.1, 0.15) is 66.2 Å². The monoisotopic (exact) mass is 435 g/mol. The van der Waals surface area contributed by atoms with Gasteiger partial charge in [-0.15, -0.1) is 0 Å². The first kappa shape index (κ1) is 21.3. The number of nitrogens with zero attached hydrogens (tertiary/aromatic N) is 2. The van der Waals surface area contributed by atoms with Gasteiger partial charge in [-0.05, 0) is 61.3 Å². The maximum absolute atomic E-state index is 13.7. The quantitative estimate of drug-likeness (QED) is 0.776. The Morgan fingerprint density at radius 1 is 0.938 bits per heavy atom. The first-order valence-corrected chi connectivity index (χ1v) is 12.2. The van der Waals surface area contributed by atoms with Crippen molar-refractivity contribution in [3.05, 3.63) is 59.5 Å². The molecule has 2 aliphatic carbocycles. The van der Waals surface area contributed by atoms with Gasteiger partial charge >= 0.3 is 0 Å². The van der Waals surface area contributed by atoms with E-state index in [0.29, 0.717) is 24.8 Å². The standard InChI is InChI=1S/C26H33N3O3/c30-25(27-22-12-5-10-19-7-3-4-11-21(19)22)24(20-8-1-2-9-20)28-14-16-29(17-15-28)26(31)23-13-6-18-32-23/h3-4,6-7,11,13,18,20,22,24H,1-2,5,8-10,12,14-17H2,(H,27,30). The molecule has 2 fully saturated rings. The molecule has 1 aromatic heterocycles. The molecule has 1 aromatic carbocycles. The fourth-order valence-electron chi connectivity index (χ4n) is 5.87. The number of piperazine rings is 1. The highest BCUT2D eigenvalue weighted by Gasteiger charge is 2.38. The Hall–Kier alpha value is -2.60. The lowest BCUT2D eigenvalue weighted by molar-refractivity contribution is -0.130. The van der Waals surface area contributed by atoms with Gasteiger partial charge in [0.05, 0.1) is 18.3 Å². The van der Waals surface area contributed by atoms with E-state index >= 15 is 0 Å². The van der Waals surface area contributed by atoms with Gasteiger partial charge in [-0.25, -0.2) is 0 Å². The number of hydrogen-bond acceptors (Lipinski definition) is 4. The summed E-state index contributed by atoms with van der Waals surface area (Å²) in [4.78, 5) is 30.5.